The summed E-state index contributed by atoms with van der Waals surface area (Å²) < 4.78 is 14.2. The highest BCUT2D eigenvalue weighted by Gasteiger charge is 2.46. The Hall–Kier alpha value is -2.69. The third-order valence-electron chi connectivity index (χ3n) is 5.12. The van der Waals surface area contributed by atoms with Crippen molar-refractivity contribution in [2.45, 2.75) is 31.1 Å². The first kappa shape index (κ1) is 15.8. The summed E-state index contributed by atoms with van der Waals surface area (Å²) in [7, 11) is 0. The van der Waals surface area contributed by atoms with Gasteiger partial charge in [0.2, 0.25) is 5.91 Å². The fraction of sp³-hybridized carbons (Fsp3) is 0.300. The molecule has 2 N–H and O–H groups in total. The molecule has 0 radical (unpaired) electrons. The predicted molar refractivity (Wildman–Crippen MR) is 94.7 cm³/mol. The van der Waals surface area contributed by atoms with E-state index in [1.54, 1.807) is 18.2 Å². The lowest BCUT2D eigenvalue weighted by atomic mass is 9.63. The van der Waals surface area contributed by atoms with E-state index in [0.717, 1.165) is 23.3 Å². The Labute approximate surface area is 145 Å². The summed E-state index contributed by atoms with van der Waals surface area (Å²) in [5.74, 6) is 0.463. The minimum atomic E-state index is -0.709. The number of aromatic nitrogens is 2. The zero-order valence-corrected chi connectivity index (χ0v) is 13.9. The van der Waals surface area contributed by atoms with E-state index in [-0.39, 0.29) is 11.7 Å². The second kappa shape index (κ2) is 6.31. The molecule has 0 spiro atoms. The van der Waals surface area contributed by atoms with Gasteiger partial charge in [0.15, 0.2) is 0 Å². The van der Waals surface area contributed by atoms with Gasteiger partial charge in [-0.05, 0) is 31.0 Å². The lowest BCUT2D eigenvalue weighted by Crippen LogP contribution is -2.50. The number of H-pyrrole nitrogens is 1. The average Bonchev–Trinajstić information content (AvgIpc) is 2.98. The van der Waals surface area contributed by atoms with Crippen LogP contribution in [0.1, 0.15) is 30.7 Å². The van der Waals surface area contributed by atoms with E-state index in [2.05, 4.69) is 15.3 Å². The van der Waals surface area contributed by atoms with Crippen molar-refractivity contribution in [2.24, 2.45) is 0 Å². The Balaban J connectivity index is 1.43. The summed E-state index contributed by atoms with van der Waals surface area (Å²) in [6, 6.07) is 14.4. The Morgan fingerprint density at radius 1 is 1.16 bits per heavy atom. The Bertz CT molecular complexity index is 881. The maximum atomic E-state index is 14.2. The number of fused-ring (bicyclic) bond motifs is 1. The zero-order valence-electron chi connectivity index (χ0n) is 13.9. The number of carbonyl (C=O) groups is 1. The number of nitrogens with one attached hydrogen (secondary N) is 2. The van der Waals surface area contributed by atoms with E-state index in [1.165, 1.54) is 6.07 Å². The van der Waals surface area contributed by atoms with Crippen LogP contribution in [0.25, 0.3) is 11.0 Å². The van der Waals surface area contributed by atoms with E-state index in [9.17, 15) is 9.18 Å². The quantitative estimate of drug-likeness (QED) is 0.749. The number of nitrogens with zero attached hydrogens (tertiary/aromatic N) is 1. The van der Waals surface area contributed by atoms with Crippen LogP contribution in [-0.2, 0) is 16.6 Å². The molecule has 1 aliphatic rings. The number of para-hydroxylation sites is 2. The number of rotatable bonds is 5. The molecule has 5 heteroatoms. The maximum Gasteiger partial charge on any atom is 0.230 e. The largest absolute Gasteiger partial charge is 0.355 e. The number of imidazole rings is 1. The van der Waals surface area contributed by atoms with Gasteiger partial charge in [-0.15, -0.1) is 0 Å². The van der Waals surface area contributed by atoms with Crippen molar-refractivity contribution in [1.29, 1.82) is 0 Å². The molecule has 1 aromatic heterocycles. The second-order valence-electron chi connectivity index (χ2n) is 6.62. The summed E-state index contributed by atoms with van der Waals surface area (Å²) in [5, 5.41) is 2.98. The molecular weight excluding hydrogens is 317 g/mol. The van der Waals surface area contributed by atoms with Crippen molar-refractivity contribution < 1.29 is 9.18 Å². The Kier molecular flexibility index (Phi) is 3.99. The third kappa shape index (κ3) is 2.80. The second-order valence-corrected chi connectivity index (χ2v) is 6.62. The topological polar surface area (TPSA) is 57.8 Å². The maximum absolute atomic E-state index is 14.2. The highest BCUT2D eigenvalue weighted by molar-refractivity contribution is 5.89. The van der Waals surface area contributed by atoms with Crippen molar-refractivity contribution in [3.63, 3.8) is 0 Å². The van der Waals surface area contributed by atoms with Crippen molar-refractivity contribution in [2.75, 3.05) is 6.54 Å². The van der Waals surface area contributed by atoms with Gasteiger partial charge in [-0.1, -0.05) is 36.8 Å². The van der Waals surface area contributed by atoms with Crippen LogP contribution in [0.2, 0.25) is 0 Å². The van der Waals surface area contributed by atoms with Gasteiger partial charge in [0.1, 0.15) is 11.6 Å². The van der Waals surface area contributed by atoms with Crippen LogP contribution in [0.4, 0.5) is 4.39 Å². The predicted octanol–water partition coefficient (Wildman–Crippen LogP) is 3.48. The molecule has 2 aromatic carbocycles. The molecule has 0 aliphatic heterocycles. The van der Waals surface area contributed by atoms with Gasteiger partial charge in [0, 0.05) is 18.5 Å². The number of aromatic amines is 1. The lowest BCUT2D eigenvalue weighted by molar-refractivity contribution is -0.130. The van der Waals surface area contributed by atoms with Crippen LogP contribution in [-0.4, -0.2) is 22.4 Å². The smallest absolute Gasteiger partial charge is 0.230 e. The van der Waals surface area contributed by atoms with Gasteiger partial charge in [-0.2, -0.15) is 0 Å². The first-order valence-corrected chi connectivity index (χ1v) is 8.66. The first-order chi connectivity index (χ1) is 12.2. The van der Waals surface area contributed by atoms with Gasteiger partial charge in [0.25, 0.3) is 0 Å². The summed E-state index contributed by atoms with van der Waals surface area (Å²) in [5.41, 5.74) is 1.72. The van der Waals surface area contributed by atoms with Crippen molar-refractivity contribution in [1.82, 2.24) is 15.3 Å². The molecule has 4 rings (SSSR count). The minimum absolute atomic E-state index is 0.0834. The van der Waals surface area contributed by atoms with Crippen LogP contribution in [0, 0.1) is 5.82 Å². The fourth-order valence-corrected chi connectivity index (χ4v) is 3.59. The highest BCUT2D eigenvalue weighted by atomic mass is 19.1. The first-order valence-electron chi connectivity index (χ1n) is 8.66. The van der Waals surface area contributed by atoms with Gasteiger partial charge in [0.05, 0.1) is 16.4 Å². The summed E-state index contributed by atoms with van der Waals surface area (Å²) >= 11 is 0. The number of benzene rings is 2. The van der Waals surface area contributed by atoms with Crippen molar-refractivity contribution in [3.8, 4) is 0 Å². The summed E-state index contributed by atoms with van der Waals surface area (Å²) in [4.78, 5) is 20.5. The molecule has 1 fully saturated rings. The number of carbonyl (C=O) groups excluding carboxylic acids is 1. The summed E-state index contributed by atoms with van der Waals surface area (Å²) in [6.07, 6.45) is 2.97. The van der Waals surface area contributed by atoms with E-state index in [4.69, 9.17) is 0 Å². The van der Waals surface area contributed by atoms with E-state index >= 15 is 0 Å². The van der Waals surface area contributed by atoms with E-state index in [1.807, 2.05) is 24.3 Å². The van der Waals surface area contributed by atoms with Crippen LogP contribution in [0.3, 0.4) is 0 Å². The lowest BCUT2D eigenvalue weighted by Gasteiger charge is -2.40. The Morgan fingerprint density at radius 3 is 2.64 bits per heavy atom. The average molecular weight is 337 g/mol. The molecule has 0 atom stereocenters. The summed E-state index contributed by atoms with van der Waals surface area (Å²) in [6.45, 7) is 0.481. The highest BCUT2D eigenvalue weighted by Crippen LogP contribution is 2.44. The molecule has 0 bridgehead atoms. The molecule has 128 valence electrons. The van der Waals surface area contributed by atoms with Crippen molar-refractivity contribution >= 4 is 16.9 Å². The minimum Gasteiger partial charge on any atom is -0.355 e. The van der Waals surface area contributed by atoms with Crippen LogP contribution in [0.5, 0.6) is 0 Å². The molecular formula is C20H20FN3O. The standard InChI is InChI=1S/C20H20FN3O/c21-15-7-2-1-6-14(15)20(11-5-12-20)19(25)22-13-10-18-23-16-8-3-4-9-17(16)24-18/h1-4,6-9H,5,10-13H2,(H,22,25)(H,23,24). The molecule has 0 saturated heterocycles. The van der Waals surface area contributed by atoms with E-state index < -0.39 is 5.41 Å². The number of hydrogen-bond acceptors (Lipinski definition) is 2. The third-order valence-corrected chi connectivity index (χ3v) is 5.12. The Morgan fingerprint density at radius 2 is 1.92 bits per heavy atom. The van der Waals surface area contributed by atoms with Crippen LogP contribution < -0.4 is 5.32 Å². The van der Waals surface area contributed by atoms with Crippen LogP contribution in [0.15, 0.2) is 48.5 Å². The van der Waals surface area contributed by atoms with Crippen LogP contribution >= 0.6 is 0 Å². The molecule has 1 saturated carbocycles. The van der Waals surface area contributed by atoms with Gasteiger partial charge < -0.3 is 10.3 Å². The van der Waals surface area contributed by atoms with Gasteiger partial charge >= 0.3 is 0 Å². The van der Waals surface area contributed by atoms with Crippen molar-refractivity contribution in [3.05, 3.63) is 65.7 Å². The number of amides is 1. The fourth-order valence-electron chi connectivity index (χ4n) is 3.59. The van der Waals surface area contributed by atoms with E-state index in [0.29, 0.717) is 31.4 Å². The number of halogens is 1. The zero-order chi connectivity index (χ0) is 17.3. The SMILES string of the molecule is O=C(NCCc1nc2ccccc2[nH]1)C1(c2ccccc2F)CCC1. The number of hydrogen-bond donors (Lipinski definition) is 2. The monoisotopic (exact) mass is 337 g/mol. The molecule has 1 amide bonds. The normalized spacial score (nSPS) is 15.7. The molecule has 3 aromatic rings. The molecule has 0 unspecified atom stereocenters. The molecule has 4 nitrogen and oxygen atoms in total. The van der Waals surface area contributed by atoms with Gasteiger partial charge in [-0.25, -0.2) is 9.37 Å². The van der Waals surface area contributed by atoms with Gasteiger partial charge in [-0.3, -0.25) is 4.79 Å². The molecule has 25 heavy (non-hydrogen) atoms. The molecule has 1 aliphatic carbocycles. The molecule has 1 heterocycles.